The molecule has 0 amide bonds. The number of hydrogen-bond acceptors (Lipinski definition) is 10. The molecule has 328 valence electrons. The van der Waals surface area contributed by atoms with Gasteiger partial charge in [0, 0.05) is 18.2 Å². The molecule has 0 radical (unpaired) electrons. The third-order valence-corrected chi connectivity index (χ3v) is 47.3. The Morgan fingerprint density at radius 3 is 1.09 bits per heavy atom. The first-order chi connectivity index (χ1) is 24.3. The van der Waals surface area contributed by atoms with Gasteiger partial charge in [-0.2, -0.15) is 0 Å². The molecule has 22 heteroatoms. The zero-order chi connectivity index (χ0) is 43.4. The first-order valence-corrected chi connectivity index (χ1v) is 54.0. The Bertz CT molecular complexity index is 1080. The molecule has 0 bridgehead atoms. The van der Waals surface area contributed by atoms with Crippen molar-refractivity contribution >= 4 is 110 Å². The lowest BCUT2D eigenvalue weighted by Gasteiger charge is -2.46. The highest BCUT2D eigenvalue weighted by atomic mass is 28.5. The number of hydrogen-bond donors (Lipinski definition) is 0. The van der Waals surface area contributed by atoms with Crippen molar-refractivity contribution < 1.29 is 42.5 Å². The summed E-state index contributed by atoms with van der Waals surface area (Å²) in [5.41, 5.74) is 0. The van der Waals surface area contributed by atoms with E-state index in [-0.39, 0.29) is 6.61 Å². The fourth-order valence-electron chi connectivity index (χ4n) is 5.97. The van der Waals surface area contributed by atoms with Crippen molar-refractivity contribution in [1.29, 1.82) is 0 Å². The molecule has 0 aliphatic carbocycles. The molecular formula is C33H88O10Si12. The number of carbonyl (C=O) groups excluding carboxylic acids is 1. The van der Waals surface area contributed by atoms with Gasteiger partial charge in [0.15, 0.2) is 66.5 Å². The maximum absolute atomic E-state index is 12.1. The topological polar surface area (TPSA) is 100 Å². The average Bonchev–Trinajstić information content (AvgIpc) is 2.90. The van der Waals surface area contributed by atoms with Crippen LogP contribution in [0.4, 0.5) is 0 Å². The SMILES string of the molecule is C=CC(=O)OCCC[Si](O[Si](C)(C)CC[SiH2]O[Si](C)(C)C)(O[Si](C)(C)CC[SiH2]O[Si](C)(C)C)O[Si](C)(C)CC[Si](O[Si](C)(C)C)(O[Si](C)(C)C)O[Si](C)(C)C. The molecule has 0 aromatic carbocycles. The van der Waals surface area contributed by atoms with Crippen LogP contribution < -0.4 is 0 Å². The maximum Gasteiger partial charge on any atom is 0.469 e. The Morgan fingerprint density at radius 1 is 0.455 bits per heavy atom. The van der Waals surface area contributed by atoms with E-state index in [2.05, 4.69) is 144 Å². The van der Waals surface area contributed by atoms with E-state index in [4.69, 9.17) is 37.7 Å². The van der Waals surface area contributed by atoms with Crippen LogP contribution in [0.1, 0.15) is 6.42 Å². The van der Waals surface area contributed by atoms with E-state index in [1.807, 2.05) is 0 Å². The van der Waals surface area contributed by atoms with Crippen molar-refractivity contribution in [3.8, 4) is 0 Å². The summed E-state index contributed by atoms with van der Waals surface area (Å²) >= 11 is 0. The summed E-state index contributed by atoms with van der Waals surface area (Å²) in [5, 5.41) is 0. The van der Waals surface area contributed by atoms with Crippen LogP contribution in [0.15, 0.2) is 12.7 Å². The molecule has 0 aliphatic heterocycles. The second-order valence-electron chi connectivity index (χ2n) is 21.7. The van der Waals surface area contributed by atoms with Gasteiger partial charge in [-0.3, -0.25) is 0 Å². The first-order valence-electron chi connectivity index (χ1n) is 20.6. The van der Waals surface area contributed by atoms with E-state index in [0.29, 0.717) is 18.5 Å². The molecule has 0 unspecified atom stereocenters. The quantitative estimate of drug-likeness (QED) is 0.0300. The van der Waals surface area contributed by atoms with Crippen molar-refractivity contribution in [2.24, 2.45) is 0 Å². The zero-order valence-corrected chi connectivity index (χ0v) is 52.5. The summed E-state index contributed by atoms with van der Waals surface area (Å²) in [5.74, 6) is -0.414. The number of esters is 1. The first kappa shape index (κ1) is 56.5. The molecule has 10 nitrogen and oxygen atoms in total. The lowest BCUT2D eigenvalue weighted by molar-refractivity contribution is -0.137. The molecule has 0 heterocycles. The minimum atomic E-state index is -3.36. The van der Waals surface area contributed by atoms with Gasteiger partial charge in [0.25, 0.3) is 0 Å². The monoisotopic (exact) mass is 980 g/mol. The Morgan fingerprint density at radius 2 is 0.782 bits per heavy atom. The normalized spacial score (nSPS) is 16.0. The lowest BCUT2D eigenvalue weighted by Crippen LogP contribution is -2.63. The number of ether oxygens (including phenoxy) is 1. The van der Waals surface area contributed by atoms with E-state index >= 15 is 0 Å². The van der Waals surface area contributed by atoms with Crippen molar-refractivity contribution in [1.82, 2.24) is 0 Å². The van der Waals surface area contributed by atoms with Gasteiger partial charge in [0.05, 0.1) is 6.61 Å². The van der Waals surface area contributed by atoms with E-state index < -0.39 is 110 Å². The summed E-state index contributed by atoms with van der Waals surface area (Å²) in [4.78, 5) is 12.1. The van der Waals surface area contributed by atoms with Gasteiger partial charge in [-0.05, 0) is 174 Å². The third-order valence-electron chi connectivity index (χ3n) is 7.67. The fourth-order valence-corrected chi connectivity index (χ4v) is 52.4. The minimum absolute atomic E-state index is 0.268. The second-order valence-corrected chi connectivity index (χ2v) is 68.1. The average molecular weight is 982 g/mol. The van der Waals surface area contributed by atoms with E-state index in [9.17, 15) is 4.79 Å². The standard InChI is InChI=1S/C33H88O10Si12/c1-23-33(34)35-25-24-28-54(41-51(17,18)29-26-44-36-46(2,3)4,42-52(19,20)30-27-45-37-47(5,6)7)43-53(21,22)31-32-55(38-48(8,9)10,39-49(11,12)13)40-50(14,15)16/h23H,1,24-32,44-45H2,2-22H3. The second kappa shape index (κ2) is 22.5. The van der Waals surface area contributed by atoms with E-state index in [1.165, 1.54) is 6.08 Å². The van der Waals surface area contributed by atoms with Crippen LogP contribution in [0.5, 0.6) is 0 Å². The highest BCUT2D eigenvalue weighted by Crippen LogP contribution is 2.37. The maximum atomic E-state index is 12.1. The van der Waals surface area contributed by atoms with Crippen LogP contribution in [-0.4, -0.2) is 116 Å². The van der Waals surface area contributed by atoms with Crippen LogP contribution >= 0.6 is 0 Å². The summed E-state index contributed by atoms with van der Waals surface area (Å²) in [6.07, 6.45) is 1.82. The molecule has 0 rings (SSSR count). The van der Waals surface area contributed by atoms with Crippen molar-refractivity contribution in [2.75, 3.05) is 6.61 Å². The lowest BCUT2D eigenvalue weighted by atomic mass is 10.5. The summed E-state index contributed by atoms with van der Waals surface area (Å²) < 4.78 is 62.3. The fraction of sp³-hybridized carbons (Fsp3) is 0.909. The van der Waals surface area contributed by atoms with Crippen LogP contribution in [0.25, 0.3) is 0 Å². The van der Waals surface area contributed by atoms with Crippen LogP contribution in [-0.2, 0) is 42.5 Å². The van der Waals surface area contributed by atoms with Gasteiger partial charge in [-0.15, -0.1) is 0 Å². The summed E-state index contributed by atoms with van der Waals surface area (Å²) in [6, 6.07) is 6.29. The van der Waals surface area contributed by atoms with Crippen molar-refractivity contribution in [3.05, 3.63) is 12.7 Å². The number of carbonyl (C=O) groups is 1. The third kappa shape index (κ3) is 30.2. The molecule has 0 atom stereocenters. The Kier molecular flexibility index (Phi) is 23.2. The molecule has 0 saturated heterocycles. The zero-order valence-electron chi connectivity index (χ0n) is 39.6. The predicted octanol–water partition coefficient (Wildman–Crippen LogP) is 9.91. The van der Waals surface area contributed by atoms with Gasteiger partial charge in [-0.1, -0.05) is 6.58 Å². The van der Waals surface area contributed by atoms with E-state index in [1.54, 1.807) is 0 Å². The Hall–Kier alpha value is 1.49. The highest BCUT2D eigenvalue weighted by Gasteiger charge is 2.55. The summed E-state index contributed by atoms with van der Waals surface area (Å²) in [6.45, 7) is 51.5. The molecule has 0 spiro atoms. The van der Waals surface area contributed by atoms with Crippen LogP contribution in [0, 0.1) is 0 Å². The van der Waals surface area contributed by atoms with Crippen LogP contribution in [0.3, 0.4) is 0 Å². The molecule has 0 saturated carbocycles. The Labute approximate surface area is 355 Å². The minimum Gasteiger partial charge on any atom is -0.463 e. The van der Waals surface area contributed by atoms with Gasteiger partial charge >= 0.3 is 23.6 Å². The Balaban J connectivity index is 7.05. The van der Waals surface area contributed by atoms with Gasteiger partial charge in [0.1, 0.15) is 19.5 Å². The van der Waals surface area contributed by atoms with Crippen molar-refractivity contribution in [2.45, 2.75) is 186 Å². The number of rotatable bonds is 30. The highest BCUT2D eigenvalue weighted by molar-refractivity contribution is 6.93. The molecule has 0 aliphatic rings. The molecule has 55 heavy (non-hydrogen) atoms. The van der Waals surface area contributed by atoms with Gasteiger partial charge in [0.2, 0.25) is 0 Å². The van der Waals surface area contributed by atoms with E-state index in [0.717, 1.165) is 30.2 Å². The molecular weight excluding hydrogens is 893 g/mol. The molecule has 0 N–H and O–H groups in total. The molecule has 0 aromatic rings. The van der Waals surface area contributed by atoms with Crippen LogP contribution in [0.2, 0.25) is 180 Å². The summed E-state index contributed by atoms with van der Waals surface area (Å²) in [7, 11) is -24.1. The molecule has 0 fully saturated rings. The van der Waals surface area contributed by atoms with Gasteiger partial charge < -0.3 is 37.7 Å². The smallest absolute Gasteiger partial charge is 0.463 e. The molecule has 0 aromatic heterocycles. The predicted molar refractivity (Wildman–Crippen MR) is 266 cm³/mol. The van der Waals surface area contributed by atoms with Crippen molar-refractivity contribution in [3.63, 3.8) is 0 Å². The van der Waals surface area contributed by atoms with Gasteiger partial charge in [-0.25, -0.2) is 4.79 Å². The largest absolute Gasteiger partial charge is 0.469 e.